The number of nitrogens with zero attached hydrogens (tertiary/aromatic N) is 3. The molecule has 5 heteroatoms. The third-order valence-corrected chi connectivity index (χ3v) is 4.79. The fourth-order valence-corrected chi connectivity index (χ4v) is 3.66. The summed E-state index contributed by atoms with van der Waals surface area (Å²) in [6.45, 7) is 11.8. The molecule has 112 valence electrons. The van der Waals surface area contributed by atoms with Gasteiger partial charge < -0.3 is 14.4 Å². The minimum Gasteiger partial charge on any atom is -0.390 e. The molecule has 0 aromatic carbocycles. The zero-order valence-electron chi connectivity index (χ0n) is 12.8. The minimum absolute atomic E-state index is 0.124. The van der Waals surface area contributed by atoms with Gasteiger partial charge in [-0.15, -0.1) is 0 Å². The number of hydrogen-bond donors (Lipinski definition) is 1. The molecule has 2 atom stereocenters. The molecule has 0 bridgehead atoms. The van der Waals surface area contributed by atoms with Crippen LogP contribution in [0.15, 0.2) is 12.4 Å². The van der Waals surface area contributed by atoms with Crippen molar-refractivity contribution in [1.29, 1.82) is 0 Å². The summed E-state index contributed by atoms with van der Waals surface area (Å²) in [5, 5.41) is 10.6. The fraction of sp³-hybridized carbons (Fsp3) is 0.800. The Balaban J connectivity index is 1.72. The van der Waals surface area contributed by atoms with E-state index in [0.717, 1.165) is 32.0 Å². The van der Waals surface area contributed by atoms with Crippen molar-refractivity contribution in [2.75, 3.05) is 13.1 Å². The van der Waals surface area contributed by atoms with Crippen molar-refractivity contribution in [2.24, 2.45) is 5.92 Å². The molecule has 3 rings (SSSR count). The molecular weight excluding hydrogens is 254 g/mol. The van der Waals surface area contributed by atoms with Gasteiger partial charge in [-0.05, 0) is 27.7 Å². The predicted molar refractivity (Wildman–Crippen MR) is 76.2 cm³/mol. The number of aromatic nitrogens is 2. The predicted octanol–water partition coefficient (Wildman–Crippen LogP) is 1.26. The maximum atomic E-state index is 10.6. The molecular formula is C15H25N3O2. The molecule has 1 aromatic heterocycles. The van der Waals surface area contributed by atoms with E-state index >= 15 is 0 Å². The topological polar surface area (TPSA) is 50.5 Å². The van der Waals surface area contributed by atoms with E-state index in [2.05, 4.69) is 28.3 Å². The van der Waals surface area contributed by atoms with Crippen molar-refractivity contribution in [1.82, 2.24) is 14.5 Å². The Bertz CT molecular complexity index is 495. The molecule has 0 aliphatic carbocycles. The maximum absolute atomic E-state index is 10.6. The van der Waals surface area contributed by atoms with E-state index in [9.17, 15) is 5.11 Å². The van der Waals surface area contributed by atoms with Gasteiger partial charge in [0.25, 0.3) is 0 Å². The van der Waals surface area contributed by atoms with Crippen LogP contribution in [-0.2, 0) is 17.8 Å². The Morgan fingerprint density at radius 1 is 1.30 bits per heavy atom. The van der Waals surface area contributed by atoms with E-state index in [4.69, 9.17) is 4.74 Å². The van der Waals surface area contributed by atoms with E-state index in [0.29, 0.717) is 0 Å². The molecule has 20 heavy (non-hydrogen) atoms. The van der Waals surface area contributed by atoms with Gasteiger partial charge in [-0.2, -0.15) is 0 Å². The van der Waals surface area contributed by atoms with Gasteiger partial charge in [0.15, 0.2) is 0 Å². The molecule has 1 N–H and O–H groups in total. The first-order valence-corrected chi connectivity index (χ1v) is 7.40. The standard InChI is InChI=1S/C15H25N3O2/c1-14(2)11(13(19)15(3,4)20-14)9-17-7-8-18-6-5-16-12(18)10-17/h5-6,11,13,19H,7-10H2,1-4H3. The lowest BCUT2D eigenvalue weighted by atomic mass is 9.84. The molecule has 2 unspecified atom stereocenters. The van der Waals surface area contributed by atoms with Gasteiger partial charge in [-0.25, -0.2) is 4.98 Å². The van der Waals surface area contributed by atoms with Crippen molar-refractivity contribution in [3.05, 3.63) is 18.2 Å². The largest absolute Gasteiger partial charge is 0.390 e. The van der Waals surface area contributed by atoms with Crippen molar-refractivity contribution < 1.29 is 9.84 Å². The first-order valence-electron chi connectivity index (χ1n) is 7.40. The highest BCUT2D eigenvalue weighted by Crippen LogP contribution is 2.42. The molecule has 2 aliphatic rings. The van der Waals surface area contributed by atoms with Crippen LogP contribution < -0.4 is 0 Å². The normalized spacial score (nSPS) is 32.2. The monoisotopic (exact) mass is 279 g/mol. The van der Waals surface area contributed by atoms with E-state index in [1.807, 2.05) is 26.2 Å². The first kappa shape index (κ1) is 14.0. The van der Waals surface area contributed by atoms with Crippen LogP contribution in [0, 0.1) is 5.92 Å². The summed E-state index contributed by atoms with van der Waals surface area (Å²) in [6, 6.07) is 0. The van der Waals surface area contributed by atoms with Crippen molar-refractivity contribution in [3.63, 3.8) is 0 Å². The summed E-state index contributed by atoms with van der Waals surface area (Å²) in [6.07, 6.45) is 3.46. The fourth-order valence-electron chi connectivity index (χ4n) is 3.66. The smallest absolute Gasteiger partial charge is 0.122 e. The maximum Gasteiger partial charge on any atom is 0.122 e. The lowest BCUT2D eigenvalue weighted by Crippen LogP contribution is -2.45. The first-order chi connectivity index (χ1) is 9.29. The van der Waals surface area contributed by atoms with E-state index < -0.39 is 11.7 Å². The van der Waals surface area contributed by atoms with Crippen molar-refractivity contribution >= 4 is 0 Å². The molecule has 0 saturated carbocycles. The summed E-state index contributed by atoms with van der Waals surface area (Å²) >= 11 is 0. The van der Waals surface area contributed by atoms with Crippen molar-refractivity contribution in [3.8, 4) is 0 Å². The van der Waals surface area contributed by atoms with Crippen LogP contribution in [0.2, 0.25) is 0 Å². The highest BCUT2D eigenvalue weighted by atomic mass is 16.5. The highest BCUT2D eigenvalue weighted by molar-refractivity contribution is 5.03. The van der Waals surface area contributed by atoms with Gasteiger partial charge in [0.2, 0.25) is 0 Å². The molecule has 1 fully saturated rings. The second-order valence-corrected chi connectivity index (χ2v) is 7.13. The number of hydrogen-bond acceptors (Lipinski definition) is 4. The Labute approximate surface area is 120 Å². The zero-order valence-corrected chi connectivity index (χ0v) is 12.8. The molecule has 1 saturated heterocycles. The number of fused-ring (bicyclic) bond motifs is 1. The summed E-state index contributed by atoms with van der Waals surface area (Å²) in [5.41, 5.74) is -0.766. The second kappa shape index (κ2) is 4.55. The number of aliphatic hydroxyl groups excluding tert-OH is 1. The second-order valence-electron chi connectivity index (χ2n) is 7.13. The van der Waals surface area contributed by atoms with Crippen LogP contribution in [0.3, 0.4) is 0 Å². The summed E-state index contributed by atoms with van der Waals surface area (Å²) < 4.78 is 8.26. The summed E-state index contributed by atoms with van der Waals surface area (Å²) in [4.78, 5) is 6.77. The lowest BCUT2D eigenvalue weighted by Gasteiger charge is -2.34. The molecule has 0 spiro atoms. The van der Waals surface area contributed by atoms with Crippen LogP contribution in [0.25, 0.3) is 0 Å². The van der Waals surface area contributed by atoms with E-state index in [1.54, 1.807) is 0 Å². The van der Waals surface area contributed by atoms with Gasteiger partial charge in [0, 0.05) is 37.9 Å². The minimum atomic E-state index is -0.470. The van der Waals surface area contributed by atoms with Gasteiger partial charge in [0.05, 0.1) is 23.9 Å². The SMILES string of the molecule is CC1(C)OC(C)(C)C(CN2CCn3ccnc3C2)C1O. The third-order valence-electron chi connectivity index (χ3n) is 4.79. The average Bonchev–Trinajstić information content (AvgIpc) is 2.85. The number of ether oxygens (including phenoxy) is 1. The molecule has 0 radical (unpaired) electrons. The van der Waals surface area contributed by atoms with Crippen molar-refractivity contribution in [2.45, 2.75) is 58.1 Å². The van der Waals surface area contributed by atoms with Crippen LogP contribution in [0.5, 0.6) is 0 Å². The van der Waals surface area contributed by atoms with Crippen LogP contribution in [0.1, 0.15) is 33.5 Å². The molecule has 1 aromatic rings. The molecule has 5 nitrogen and oxygen atoms in total. The zero-order chi connectivity index (χ0) is 14.5. The molecule has 3 heterocycles. The molecule has 0 amide bonds. The van der Waals surface area contributed by atoms with Crippen LogP contribution in [0.4, 0.5) is 0 Å². The number of aliphatic hydroxyl groups is 1. The summed E-state index contributed by atoms with van der Waals surface area (Å²) in [7, 11) is 0. The Morgan fingerprint density at radius 3 is 2.70 bits per heavy atom. The quantitative estimate of drug-likeness (QED) is 0.885. The van der Waals surface area contributed by atoms with Crippen LogP contribution in [-0.4, -0.2) is 50.0 Å². The molecule has 2 aliphatic heterocycles. The Hall–Kier alpha value is -0.910. The Kier molecular flexibility index (Phi) is 3.19. The summed E-state index contributed by atoms with van der Waals surface area (Å²) in [5.74, 6) is 1.24. The van der Waals surface area contributed by atoms with E-state index in [1.165, 1.54) is 0 Å². The third kappa shape index (κ3) is 2.28. The highest BCUT2D eigenvalue weighted by Gasteiger charge is 2.53. The van der Waals surface area contributed by atoms with Gasteiger partial charge in [0.1, 0.15) is 5.82 Å². The lowest BCUT2D eigenvalue weighted by molar-refractivity contribution is -0.0914. The van der Waals surface area contributed by atoms with Gasteiger partial charge in [-0.1, -0.05) is 0 Å². The van der Waals surface area contributed by atoms with E-state index in [-0.39, 0.29) is 11.5 Å². The number of imidazole rings is 1. The van der Waals surface area contributed by atoms with Crippen LogP contribution >= 0.6 is 0 Å². The average molecular weight is 279 g/mol. The van der Waals surface area contributed by atoms with Gasteiger partial charge in [-0.3, -0.25) is 4.90 Å². The Morgan fingerprint density at radius 2 is 2.05 bits per heavy atom. The van der Waals surface area contributed by atoms with Gasteiger partial charge >= 0.3 is 0 Å². The number of rotatable bonds is 2.